The number of ketones is 1. The van der Waals surface area contributed by atoms with Crippen molar-refractivity contribution in [2.24, 2.45) is 4.40 Å². The molecule has 1 aromatic rings. The molecule has 0 bridgehead atoms. The monoisotopic (exact) mass is 296 g/mol. The standard InChI is InChI=1S/C13H16N2O4S/c1-11(16)12-2-4-13(5-3-12)20(17,18)14-10-15-6-8-19-9-7-15/h2-5,10H,6-9H2,1H3/b14-10+. The minimum Gasteiger partial charge on any atom is -0.378 e. The molecule has 0 aliphatic carbocycles. The Labute approximate surface area is 118 Å². The maximum absolute atomic E-state index is 12.0. The molecule has 0 spiro atoms. The highest BCUT2D eigenvalue weighted by atomic mass is 32.2. The van der Waals surface area contributed by atoms with Gasteiger partial charge in [0.15, 0.2) is 5.78 Å². The second-order valence-corrected chi connectivity index (χ2v) is 6.06. The van der Waals surface area contributed by atoms with E-state index in [0.717, 1.165) is 0 Å². The highest BCUT2D eigenvalue weighted by molar-refractivity contribution is 7.90. The number of rotatable bonds is 4. The second-order valence-electron chi connectivity index (χ2n) is 4.42. The first kappa shape index (κ1) is 14.7. The number of hydrogen-bond acceptors (Lipinski definition) is 4. The van der Waals surface area contributed by atoms with Crippen molar-refractivity contribution < 1.29 is 17.9 Å². The van der Waals surface area contributed by atoms with E-state index in [9.17, 15) is 13.2 Å². The van der Waals surface area contributed by atoms with Crippen LogP contribution in [0.2, 0.25) is 0 Å². The number of nitrogens with zero attached hydrogens (tertiary/aromatic N) is 2. The Morgan fingerprint density at radius 3 is 2.40 bits per heavy atom. The molecule has 0 unspecified atom stereocenters. The summed E-state index contributed by atoms with van der Waals surface area (Å²) in [6.07, 6.45) is 1.33. The van der Waals surface area contributed by atoms with Gasteiger partial charge in [-0.25, -0.2) is 0 Å². The van der Waals surface area contributed by atoms with Crippen molar-refractivity contribution in [2.45, 2.75) is 11.8 Å². The van der Waals surface area contributed by atoms with Crippen LogP contribution < -0.4 is 0 Å². The molecule has 1 aromatic carbocycles. The largest absolute Gasteiger partial charge is 0.378 e. The van der Waals surface area contributed by atoms with Gasteiger partial charge in [0, 0.05) is 18.7 Å². The maximum Gasteiger partial charge on any atom is 0.283 e. The number of morpholine rings is 1. The molecule has 0 aromatic heterocycles. The highest BCUT2D eigenvalue weighted by Gasteiger charge is 2.14. The Kier molecular flexibility index (Phi) is 4.51. The molecule has 0 radical (unpaired) electrons. The topological polar surface area (TPSA) is 76.0 Å². The molecule has 0 saturated carbocycles. The number of benzene rings is 1. The van der Waals surface area contributed by atoms with Crippen molar-refractivity contribution in [2.75, 3.05) is 26.3 Å². The number of hydrogen-bond donors (Lipinski definition) is 0. The molecular weight excluding hydrogens is 280 g/mol. The van der Waals surface area contributed by atoms with Crippen LogP contribution in [-0.2, 0) is 14.8 Å². The van der Waals surface area contributed by atoms with Crippen LogP contribution in [0.1, 0.15) is 17.3 Å². The molecule has 1 aliphatic rings. The molecule has 1 fully saturated rings. The van der Waals surface area contributed by atoms with Crippen molar-refractivity contribution >= 4 is 22.1 Å². The van der Waals surface area contributed by atoms with Gasteiger partial charge in [-0.3, -0.25) is 4.79 Å². The van der Waals surface area contributed by atoms with E-state index in [1.807, 2.05) is 0 Å². The number of carbonyl (C=O) groups excluding carboxylic acids is 1. The molecule has 1 heterocycles. The first-order chi connectivity index (χ1) is 9.49. The number of Topliss-reactive ketones (excluding diaryl/α,β-unsaturated/α-hetero) is 1. The van der Waals surface area contributed by atoms with Gasteiger partial charge in [-0.1, -0.05) is 12.1 Å². The Morgan fingerprint density at radius 2 is 1.85 bits per heavy atom. The highest BCUT2D eigenvalue weighted by Crippen LogP contribution is 2.13. The van der Waals surface area contributed by atoms with Gasteiger partial charge in [0.05, 0.1) is 18.1 Å². The Balaban J connectivity index is 2.13. The molecular formula is C13H16N2O4S. The van der Waals surface area contributed by atoms with Crippen LogP contribution in [0.25, 0.3) is 0 Å². The summed E-state index contributed by atoms with van der Waals surface area (Å²) in [5.74, 6) is -0.106. The third-order valence-corrected chi connectivity index (χ3v) is 4.19. The molecule has 0 amide bonds. The third-order valence-electron chi connectivity index (χ3n) is 2.95. The lowest BCUT2D eigenvalue weighted by molar-refractivity contribution is 0.0701. The fraction of sp³-hybridized carbons (Fsp3) is 0.385. The number of ether oxygens (including phenoxy) is 1. The van der Waals surface area contributed by atoms with Gasteiger partial charge in [0.25, 0.3) is 10.0 Å². The van der Waals surface area contributed by atoms with Crippen LogP contribution >= 0.6 is 0 Å². The lowest BCUT2D eigenvalue weighted by Gasteiger charge is -2.23. The maximum atomic E-state index is 12.0. The zero-order valence-corrected chi connectivity index (χ0v) is 12.0. The minimum atomic E-state index is -3.73. The van der Waals surface area contributed by atoms with E-state index in [4.69, 9.17) is 4.74 Å². The smallest absolute Gasteiger partial charge is 0.283 e. The molecule has 0 atom stereocenters. The van der Waals surface area contributed by atoms with E-state index in [0.29, 0.717) is 31.9 Å². The summed E-state index contributed by atoms with van der Waals surface area (Å²) in [6, 6.07) is 5.75. The quantitative estimate of drug-likeness (QED) is 0.469. The normalized spacial score (nSPS) is 16.6. The van der Waals surface area contributed by atoms with E-state index in [-0.39, 0.29) is 10.7 Å². The Morgan fingerprint density at radius 1 is 1.25 bits per heavy atom. The van der Waals surface area contributed by atoms with Crippen molar-refractivity contribution in [3.63, 3.8) is 0 Å². The van der Waals surface area contributed by atoms with E-state index >= 15 is 0 Å². The summed E-state index contributed by atoms with van der Waals surface area (Å²) in [5, 5.41) is 0. The average molecular weight is 296 g/mol. The Hall–Kier alpha value is -1.73. The van der Waals surface area contributed by atoms with Gasteiger partial charge in [-0.05, 0) is 19.1 Å². The van der Waals surface area contributed by atoms with Crippen LogP contribution in [0.3, 0.4) is 0 Å². The van der Waals surface area contributed by atoms with Crippen LogP contribution in [0.5, 0.6) is 0 Å². The van der Waals surface area contributed by atoms with Gasteiger partial charge in [-0.2, -0.15) is 8.42 Å². The Bertz CT molecular complexity index is 602. The van der Waals surface area contributed by atoms with Crippen LogP contribution in [-0.4, -0.2) is 51.7 Å². The van der Waals surface area contributed by atoms with Crippen LogP contribution in [0, 0.1) is 0 Å². The van der Waals surface area contributed by atoms with Gasteiger partial charge >= 0.3 is 0 Å². The van der Waals surface area contributed by atoms with Crippen molar-refractivity contribution in [3.8, 4) is 0 Å². The first-order valence-electron chi connectivity index (χ1n) is 6.22. The van der Waals surface area contributed by atoms with Gasteiger partial charge < -0.3 is 9.64 Å². The predicted octanol–water partition coefficient (Wildman–Crippen LogP) is 0.938. The summed E-state index contributed by atoms with van der Waals surface area (Å²) in [5.41, 5.74) is 0.473. The fourth-order valence-electron chi connectivity index (χ4n) is 1.74. The first-order valence-corrected chi connectivity index (χ1v) is 7.66. The molecule has 2 rings (SSSR count). The van der Waals surface area contributed by atoms with Crippen molar-refractivity contribution in [1.82, 2.24) is 4.90 Å². The lowest BCUT2D eigenvalue weighted by Crippen LogP contribution is -2.35. The van der Waals surface area contributed by atoms with Gasteiger partial charge in [0.1, 0.15) is 6.34 Å². The van der Waals surface area contributed by atoms with Crippen molar-refractivity contribution in [3.05, 3.63) is 29.8 Å². The average Bonchev–Trinajstić information content (AvgIpc) is 2.46. The van der Waals surface area contributed by atoms with Crippen molar-refractivity contribution in [1.29, 1.82) is 0 Å². The van der Waals surface area contributed by atoms with Crippen LogP contribution in [0.4, 0.5) is 0 Å². The number of sulfonamides is 1. The summed E-state index contributed by atoms with van der Waals surface area (Å²) < 4.78 is 32.9. The fourth-order valence-corrected chi connectivity index (χ4v) is 2.60. The predicted molar refractivity (Wildman–Crippen MR) is 74.5 cm³/mol. The molecule has 7 heteroatoms. The molecule has 0 N–H and O–H groups in total. The van der Waals surface area contributed by atoms with Gasteiger partial charge in [0.2, 0.25) is 0 Å². The summed E-state index contributed by atoms with van der Waals surface area (Å²) in [4.78, 5) is 13.0. The zero-order chi connectivity index (χ0) is 14.6. The molecule has 20 heavy (non-hydrogen) atoms. The molecule has 6 nitrogen and oxygen atoms in total. The summed E-state index contributed by atoms with van der Waals surface area (Å²) in [6.45, 7) is 3.82. The molecule has 1 saturated heterocycles. The lowest BCUT2D eigenvalue weighted by atomic mass is 10.2. The van der Waals surface area contributed by atoms with E-state index in [2.05, 4.69) is 4.40 Å². The number of carbonyl (C=O) groups is 1. The summed E-state index contributed by atoms with van der Waals surface area (Å²) in [7, 11) is -3.73. The van der Waals surface area contributed by atoms with E-state index < -0.39 is 10.0 Å². The minimum absolute atomic E-state index is 0.0759. The van der Waals surface area contributed by atoms with Gasteiger partial charge in [-0.15, -0.1) is 4.40 Å². The summed E-state index contributed by atoms with van der Waals surface area (Å²) >= 11 is 0. The van der Waals surface area contributed by atoms with E-state index in [1.165, 1.54) is 37.5 Å². The molecule has 108 valence electrons. The SMILES string of the molecule is CC(=O)c1ccc(S(=O)(=O)/N=C/N2CCOCC2)cc1. The van der Waals surface area contributed by atoms with Crippen LogP contribution in [0.15, 0.2) is 33.6 Å². The van der Waals surface area contributed by atoms with E-state index in [1.54, 1.807) is 4.90 Å². The zero-order valence-electron chi connectivity index (χ0n) is 11.2. The second kappa shape index (κ2) is 6.15. The molecule has 1 aliphatic heterocycles. The third kappa shape index (κ3) is 3.64.